The Morgan fingerprint density at radius 3 is 2.68 bits per heavy atom. The first kappa shape index (κ1) is 11.5. The van der Waals surface area contributed by atoms with E-state index >= 15 is 0 Å². The third kappa shape index (κ3) is 1.52. The zero-order valence-corrected chi connectivity index (χ0v) is 11.6. The molecule has 0 unspecified atom stereocenters. The number of nitrogens with zero attached hydrogens (tertiary/aromatic N) is 2. The number of furan rings is 1. The molecule has 3 aromatic heterocycles. The molecule has 104 valence electrons. The molecule has 0 fully saturated rings. The Morgan fingerprint density at radius 1 is 0.818 bits per heavy atom. The van der Waals surface area contributed by atoms with Gasteiger partial charge in [0, 0.05) is 27.9 Å². The maximum absolute atomic E-state index is 5.87. The molecule has 0 aliphatic carbocycles. The van der Waals surface area contributed by atoms with Crippen LogP contribution >= 0.6 is 0 Å². The van der Waals surface area contributed by atoms with Crippen LogP contribution in [0, 0.1) is 0 Å². The molecule has 3 heterocycles. The molecule has 0 atom stereocenters. The lowest BCUT2D eigenvalue weighted by molar-refractivity contribution is 0.669. The topological polar surface area (TPSA) is 54.7 Å². The van der Waals surface area contributed by atoms with E-state index < -0.39 is 0 Å². The Balaban J connectivity index is 1.83. The number of H-pyrrole nitrogens is 1. The lowest BCUT2D eigenvalue weighted by Gasteiger charge is -1.99. The van der Waals surface area contributed by atoms with Crippen LogP contribution in [0.1, 0.15) is 0 Å². The van der Waals surface area contributed by atoms with Gasteiger partial charge in [0.25, 0.3) is 0 Å². The largest absolute Gasteiger partial charge is 0.456 e. The Kier molecular flexibility index (Phi) is 2.19. The van der Waals surface area contributed by atoms with E-state index in [1.54, 1.807) is 6.20 Å². The Bertz CT molecular complexity index is 1140. The van der Waals surface area contributed by atoms with E-state index in [0.717, 1.165) is 44.2 Å². The van der Waals surface area contributed by atoms with Gasteiger partial charge in [0.15, 0.2) is 5.65 Å². The van der Waals surface area contributed by atoms with Gasteiger partial charge in [0.05, 0.1) is 5.69 Å². The number of hydrogen-bond acceptors (Lipinski definition) is 3. The molecule has 4 heteroatoms. The van der Waals surface area contributed by atoms with Crippen molar-refractivity contribution in [2.75, 3.05) is 0 Å². The predicted octanol–water partition coefficient (Wildman–Crippen LogP) is 4.52. The van der Waals surface area contributed by atoms with Gasteiger partial charge in [-0.1, -0.05) is 18.2 Å². The van der Waals surface area contributed by atoms with Crippen molar-refractivity contribution in [1.82, 2.24) is 15.2 Å². The van der Waals surface area contributed by atoms with Crippen molar-refractivity contribution in [3.63, 3.8) is 0 Å². The number of aromatic nitrogens is 3. The number of pyridine rings is 1. The highest BCUT2D eigenvalue weighted by Gasteiger charge is 2.11. The maximum atomic E-state index is 5.87. The van der Waals surface area contributed by atoms with Crippen molar-refractivity contribution in [3.8, 4) is 11.3 Å². The van der Waals surface area contributed by atoms with Gasteiger partial charge >= 0.3 is 0 Å². The van der Waals surface area contributed by atoms with Crippen LogP contribution in [0.15, 0.2) is 65.2 Å². The van der Waals surface area contributed by atoms with Crippen LogP contribution in [0.3, 0.4) is 0 Å². The molecule has 0 saturated heterocycles. The minimum absolute atomic E-state index is 0.731. The third-order valence-electron chi connectivity index (χ3n) is 4.00. The first-order chi connectivity index (χ1) is 10.9. The molecule has 0 radical (unpaired) electrons. The molecule has 4 nitrogen and oxygen atoms in total. The molecule has 0 amide bonds. The quantitative estimate of drug-likeness (QED) is 0.492. The smallest absolute Gasteiger partial charge is 0.181 e. The van der Waals surface area contributed by atoms with E-state index in [2.05, 4.69) is 27.3 Å². The minimum Gasteiger partial charge on any atom is -0.456 e. The lowest BCUT2D eigenvalue weighted by Crippen LogP contribution is -1.79. The summed E-state index contributed by atoms with van der Waals surface area (Å²) in [6.45, 7) is 0. The van der Waals surface area contributed by atoms with Gasteiger partial charge < -0.3 is 4.42 Å². The summed E-state index contributed by atoms with van der Waals surface area (Å²) in [6, 6.07) is 18.2. The second-order valence-corrected chi connectivity index (χ2v) is 5.28. The van der Waals surface area contributed by atoms with Crippen LogP contribution in [0.5, 0.6) is 0 Å². The molecule has 5 aromatic rings. The summed E-state index contributed by atoms with van der Waals surface area (Å²) in [6.07, 6.45) is 1.75. The number of para-hydroxylation sites is 1. The first-order valence-corrected chi connectivity index (χ1v) is 7.11. The molecule has 0 bridgehead atoms. The number of hydrogen-bond donors (Lipinski definition) is 1. The Hall–Kier alpha value is -3.14. The van der Waals surface area contributed by atoms with Crippen molar-refractivity contribution >= 4 is 33.0 Å². The van der Waals surface area contributed by atoms with Crippen LogP contribution in [0.2, 0.25) is 0 Å². The molecule has 5 rings (SSSR count). The molecule has 1 N–H and O–H groups in total. The molecular formula is C18H11N3O. The molecule has 0 aliphatic heterocycles. The van der Waals surface area contributed by atoms with Gasteiger partial charge in [0.2, 0.25) is 0 Å². The lowest BCUT2D eigenvalue weighted by atomic mass is 10.1. The van der Waals surface area contributed by atoms with E-state index in [0.29, 0.717) is 0 Å². The van der Waals surface area contributed by atoms with Crippen LogP contribution in [-0.4, -0.2) is 15.2 Å². The summed E-state index contributed by atoms with van der Waals surface area (Å²) in [5.41, 5.74) is 4.59. The van der Waals surface area contributed by atoms with Gasteiger partial charge in [-0.3, -0.25) is 5.10 Å². The number of aromatic amines is 1. The minimum atomic E-state index is 0.731. The molecular weight excluding hydrogens is 274 g/mol. The summed E-state index contributed by atoms with van der Waals surface area (Å²) < 4.78 is 5.87. The zero-order chi connectivity index (χ0) is 14.5. The van der Waals surface area contributed by atoms with E-state index in [9.17, 15) is 0 Å². The van der Waals surface area contributed by atoms with Crippen molar-refractivity contribution in [1.29, 1.82) is 0 Å². The average molecular weight is 285 g/mol. The summed E-state index contributed by atoms with van der Waals surface area (Å²) >= 11 is 0. The maximum Gasteiger partial charge on any atom is 0.181 e. The van der Waals surface area contributed by atoms with E-state index in [-0.39, 0.29) is 0 Å². The van der Waals surface area contributed by atoms with Gasteiger partial charge in [-0.15, -0.1) is 0 Å². The van der Waals surface area contributed by atoms with Crippen LogP contribution in [-0.2, 0) is 0 Å². The highest BCUT2D eigenvalue weighted by atomic mass is 16.3. The van der Waals surface area contributed by atoms with Crippen LogP contribution < -0.4 is 0 Å². The van der Waals surface area contributed by atoms with Gasteiger partial charge in [-0.2, -0.15) is 5.10 Å². The third-order valence-corrected chi connectivity index (χ3v) is 4.00. The molecule has 2 aromatic carbocycles. The molecule has 22 heavy (non-hydrogen) atoms. The summed E-state index contributed by atoms with van der Waals surface area (Å²) in [5, 5.41) is 10.6. The number of fused-ring (bicyclic) bond motifs is 4. The summed E-state index contributed by atoms with van der Waals surface area (Å²) in [5.74, 6) is 0. The van der Waals surface area contributed by atoms with Crippen molar-refractivity contribution in [3.05, 3.63) is 60.8 Å². The highest BCUT2D eigenvalue weighted by Crippen LogP contribution is 2.33. The first-order valence-electron chi connectivity index (χ1n) is 7.11. The number of benzene rings is 2. The predicted molar refractivity (Wildman–Crippen MR) is 86.6 cm³/mol. The van der Waals surface area contributed by atoms with Crippen LogP contribution in [0.25, 0.3) is 44.2 Å². The second kappa shape index (κ2) is 4.18. The van der Waals surface area contributed by atoms with Gasteiger partial charge in [-0.25, -0.2) is 4.98 Å². The van der Waals surface area contributed by atoms with Gasteiger partial charge in [-0.05, 0) is 36.4 Å². The normalized spacial score (nSPS) is 11.6. The fraction of sp³-hybridized carbons (Fsp3) is 0. The molecule has 0 saturated carbocycles. The molecule has 0 aliphatic rings. The fourth-order valence-corrected chi connectivity index (χ4v) is 2.95. The van der Waals surface area contributed by atoms with Crippen molar-refractivity contribution in [2.45, 2.75) is 0 Å². The SMILES string of the molecule is c1ccc2c(c1)oc1ccc(-c3[nH]nc4ncccc34)cc12. The summed E-state index contributed by atoms with van der Waals surface area (Å²) in [4.78, 5) is 4.27. The summed E-state index contributed by atoms with van der Waals surface area (Å²) in [7, 11) is 0. The highest BCUT2D eigenvalue weighted by molar-refractivity contribution is 6.07. The molecule has 0 spiro atoms. The van der Waals surface area contributed by atoms with E-state index in [1.165, 1.54) is 0 Å². The average Bonchev–Trinajstić information content (AvgIpc) is 3.15. The monoisotopic (exact) mass is 285 g/mol. The second-order valence-electron chi connectivity index (χ2n) is 5.28. The van der Waals surface area contributed by atoms with E-state index in [1.807, 2.05) is 42.5 Å². The standard InChI is InChI=1S/C18H11N3O/c1-2-6-15-12(4-1)14-10-11(7-8-16(14)22-15)17-13-5-3-9-19-18(13)21-20-17/h1-10H,(H,19,20,21). The zero-order valence-electron chi connectivity index (χ0n) is 11.6. The van der Waals surface area contributed by atoms with E-state index in [4.69, 9.17) is 4.42 Å². The van der Waals surface area contributed by atoms with Crippen molar-refractivity contribution in [2.24, 2.45) is 0 Å². The number of nitrogens with one attached hydrogen (secondary N) is 1. The Morgan fingerprint density at radius 2 is 1.68 bits per heavy atom. The van der Waals surface area contributed by atoms with Gasteiger partial charge in [0.1, 0.15) is 11.2 Å². The Labute approximate surface area is 125 Å². The number of rotatable bonds is 1. The fourth-order valence-electron chi connectivity index (χ4n) is 2.95. The van der Waals surface area contributed by atoms with Crippen LogP contribution in [0.4, 0.5) is 0 Å². The van der Waals surface area contributed by atoms with Crippen molar-refractivity contribution < 1.29 is 4.42 Å².